The molecule has 0 aromatic carbocycles. The molecule has 3 N–H and O–H groups in total. The molecule has 1 aliphatic heterocycles. The molecule has 20 heavy (non-hydrogen) atoms. The van der Waals surface area contributed by atoms with Gasteiger partial charge in [0.25, 0.3) is 0 Å². The first kappa shape index (κ1) is 15.3. The normalized spacial score (nSPS) is 29.8. The number of amides is 2. The number of aliphatic hydroxyl groups excluding tert-OH is 1. The maximum absolute atomic E-state index is 11.5. The average molecular weight is 284 g/mol. The van der Waals surface area contributed by atoms with Crippen LogP contribution in [0.15, 0.2) is 0 Å². The minimum Gasteiger partial charge on any atom is -0.394 e. The lowest BCUT2D eigenvalue weighted by atomic mass is 9.97. The van der Waals surface area contributed by atoms with Crippen LogP contribution in [0.5, 0.6) is 0 Å². The van der Waals surface area contributed by atoms with Crippen LogP contribution in [0.3, 0.4) is 0 Å². The summed E-state index contributed by atoms with van der Waals surface area (Å²) in [5.41, 5.74) is 0. The van der Waals surface area contributed by atoms with Gasteiger partial charge in [0, 0.05) is 19.4 Å². The topological polar surface area (TPSA) is 87.7 Å². The molecule has 2 fully saturated rings. The van der Waals surface area contributed by atoms with Crippen molar-refractivity contribution in [3.05, 3.63) is 0 Å². The highest BCUT2D eigenvalue weighted by Gasteiger charge is 2.32. The number of carbonyl (C=O) groups is 2. The maximum atomic E-state index is 11.5. The quantitative estimate of drug-likeness (QED) is 0.638. The van der Waals surface area contributed by atoms with Crippen LogP contribution in [0.1, 0.15) is 39.0 Å². The summed E-state index contributed by atoms with van der Waals surface area (Å²) in [5, 5.41) is 15.1. The molecule has 2 rings (SSSR count). The Morgan fingerprint density at radius 3 is 2.60 bits per heavy atom. The molecule has 1 saturated carbocycles. The summed E-state index contributed by atoms with van der Waals surface area (Å²) in [4.78, 5) is 22.6. The first-order valence-electron chi connectivity index (χ1n) is 7.41. The van der Waals surface area contributed by atoms with E-state index in [1.165, 1.54) is 6.92 Å². The number of ether oxygens (including phenoxy) is 1. The Morgan fingerprint density at radius 1 is 1.25 bits per heavy atom. The third-order valence-corrected chi connectivity index (χ3v) is 3.90. The monoisotopic (exact) mass is 284 g/mol. The summed E-state index contributed by atoms with van der Waals surface area (Å²) in [6.45, 7) is 1.98. The van der Waals surface area contributed by atoms with E-state index in [-0.39, 0.29) is 42.6 Å². The zero-order chi connectivity index (χ0) is 14.5. The van der Waals surface area contributed by atoms with Crippen LogP contribution >= 0.6 is 0 Å². The van der Waals surface area contributed by atoms with Crippen LogP contribution in [0.25, 0.3) is 0 Å². The highest BCUT2D eigenvalue weighted by Crippen LogP contribution is 2.28. The van der Waals surface area contributed by atoms with E-state index in [0.29, 0.717) is 6.54 Å². The molecule has 0 unspecified atom stereocenters. The Balaban J connectivity index is 1.69. The molecule has 0 aromatic heterocycles. The zero-order valence-electron chi connectivity index (χ0n) is 11.9. The molecule has 0 bridgehead atoms. The first-order chi connectivity index (χ1) is 9.60. The van der Waals surface area contributed by atoms with Crippen molar-refractivity contribution in [2.24, 2.45) is 5.92 Å². The molecule has 114 valence electrons. The van der Waals surface area contributed by atoms with Crippen LogP contribution in [0.2, 0.25) is 0 Å². The minimum absolute atomic E-state index is 0.0386. The highest BCUT2D eigenvalue weighted by molar-refractivity contribution is 5.80. The van der Waals surface area contributed by atoms with Gasteiger partial charge in [0.2, 0.25) is 11.8 Å². The van der Waals surface area contributed by atoms with E-state index in [4.69, 9.17) is 4.74 Å². The van der Waals surface area contributed by atoms with Gasteiger partial charge in [0.1, 0.15) is 6.10 Å². The lowest BCUT2D eigenvalue weighted by Gasteiger charge is -2.36. The van der Waals surface area contributed by atoms with E-state index in [2.05, 4.69) is 10.6 Å². The van der Waals surface area contributed by atoms with Crippen molar-refractivity contribution in [1.29, 1.82) is 0 Å². The van der Waals surface area contributed by atoms with E-state index in [0.717, 1.165) is 32.1 Å². The zero-order valence-corrected chi connectivity index (χ0v) is 11.9. The molecule has 0 spiro atoms. The molecule has 0 radical (unpaired) electrons. The lowest BCUT2D eigenvalue weighted by Crippen LogP contribution is -2.50. The summed E-state index contributed by atoms with van der Waals surface area (Å²) < 4.78 is 5.79. The molecule has 3 atom stereocenters. The van der Waals surface area contributed by atoms with E-state index < -0.39 is 0 Å². The molecule has 0 aromatic rings. The van der Waals surface area contributed by atoms with Gasteiger partial charge in [0.05, 0.1) is 18.8 Å². The van der Waals surface area contributed by atoms with Gasteiger partial charge in [-0.3, -0.25) is 9.59 Å². The Kier molecular flexibility index (Phi) is 5.37. The largest absolute Gasteiger partial charge is 0.394 e. The Labute approximate surface area is 119 Å². The fraction of sp³-hybridized carbons (Fsp3) is 0.857. The van der Waals surface area contributed by atoms with Crippen molar-refractivity contribution < 1.29 is 19.4 Å². The van der Waals surface area contributed by atoms with Crippen LogP contribution in [-0.4, -0.2) is 48.3 Å². The van der Waals surface area contributed by atoms with Gasteiger partial charge in [-0.15, -0.1) is 0 Å². The molecule has 1 saturated heterocycles. The van der Waals surface area contributed by atoms with E-state index in [1.807, 2.05) is 0 Å². The predicted molar refractivity (Wildman–Crippen MR) is 72.9 cm³/mol. The number of hydrogen-bond acceptors (Lipinski definition) is 4. The molecule has 6 nitrogen and oxygen atoms in total. The van der Waals surface area contributed by atoms with Gasteiger partial charge in [-0.2, -0.15) is 0 Å². The van der Waals surface area contributed by atoms with Gasteiger partial charge < -0.3 is 20.5 Å². The van der Waals surface area contributed by atoms with Gasteiger partial charge in [-0.25, -0.2) is 0 Å². The fourth-order valence-corrected chi connectivity index (χ4v) is 2.62. The van der Waals surface area contributed by atoms with Gasteiger partial charge in [-0.1, -0.05) is 0 Å². The predicted octanol–water partition coefficient (Wildman–Crippen LogP) is -0.0527. The standard InChI is InChI=1S/C14H24N2O4/c1-9(18)16-12-5-4-11(20-13(12)8-17)6-7-15-14(19)10-2-3-10/h10-13,17H,2-8H2,1H3,(H,15,19)(H,16,18)/t11-,12+,13+/m1/s1. The molecule has 1 heterocycles. The molecule has 6 heteroatoms. The summed E-state index contributed by atoms with van der Waals surface area (Å²) in [7, 11) is 0. The Bertz CT molecular complexity index is 357. The number of hydrogen-bond donors (Lipinski definition) is 3. The Morgan fingerprint density at radius 2 is 2.00 bits per heavy atom. The van der Waals surface area contributed by atoms with Gasteiger partial charge in [-0.05, 0) is 32.1 Å². The van der Waals surface area contributed by atoms with E-state index in [1.54, 1.807) is 0 Å². The molecule has 1 aliphatic carbocycles. The van der Waals surface area contributed by atoms with Crippen LogP contribution in [0, 0.1) is 5.92 Å². The second-order valence-corrected chi connectivity index (χ2v) is 5.72. The van der Waals surface area contributed by atoms with Crippen molar-refractivity contribution in [3.63, 3.8) is 0 Å². The third kappa shape index (κ3) is 4.45. The van der Waals surface area contributed by atoms with Gasteiger partial charge in [0.15, 0.2) is 0 Å². The van der Waals surface area contributed by atoms with Crippen molar-refractivity contribution in [3.8, 4) is 0 Å². The minimum atomic E-state index is -0.350. The van der Waals surface area contributed by atoms with Crippen molar-refractivity contribution in [1.82, 2.24) is 10.6 Å². The lowest BCUT2D eigenvalue weighted by molar-refractivity contribution is -0.127. The van der Waals surface area contributed by atoms with Crippen LogP contribution in [-0.2, 0) is 14.3 Å². The molecular weight excluding hydrogens is 260 g/mol. The SMILES string of the molecule is CC(=O)N[C@H]1CC[C@H](CCNC(=O)C2CC2)O[C@H]1CO. The van der Waals surface area contributed by atoms with Gasteiger partial charge >= 0.3 is 0 Å². The number of carbonyl (C=O) groups excluding carboxylic acids is 2. The molecular formula is C14H24N2O4. The van der Waals surface area contributed by atoms with Crippen LogP contribution < -0.4 is 10.6 Å². The third-order valence-electron chi connectivity index (χ3n) is 3.90. The maximum Gasteiger partial charge on any atom is 0.223 e. The summed E-state index contributed by atoms with van der Waals surface area (Å²) in [5.74, 6) is 0.277. The van der Waals surface area contributed by atoms with Crippen LogP contribution in [0.4, 0.5) is 0 Å². The van der Waals surface area contributed by atoms with E-state index >= 15 is 0 Å². The average Bonchev–Trinajstić information content (AvgIpc) is 3.24. The van der Waals surface area contributed by atoms with Crippen molar-refractivity contribution >= 4 is 11.8 Å². The molecule has 2 aliphatic rings. The second kappa shape index (κ2) is 7.04. The summed E-state index contributed by atoms with van der Waals surface area (Å²) in [6, 6.07) is -0.116. The molecule has 2 amide bonds. The van der Waals surface area contributed by atoms with E-state index in [9.17, 15) is 14.7 Å². The number of nitrogens with one attached hydrogen (secondary N) is 2. The second-order valence-electron chi connectivity index (χ2n) is 5.72. The van der Waals surface area contributed by atoms with Crippen molar-refractivity contribution in [2.45, 2.75) is 57.3 Å². The smallest absolute Gasteiger partial charge is 0.223 e. The number of aliphatic hydroxyl groups is 1. The first-order valence-corrected chi connectivity index (χ1v) is 7.41. The number of rotatable bonds is 6. The fourth-order valence-electron chi connectivity index (χ4n) is 2.62. The summed E-state index contributed by atoms with van der Waals surface area (Å²) in [6.07, 6.45) is 4.09. The van der Waals surface area contributed by atoms with Crippen molar-refractivity contribution in [2.75, 3.05) is 13.2 Å². The highest BCUT2D eigenvalue weighted by atomic mass is 16.5. The summed E-state index contributed by atoms with van der Waals surface area (Å²) >= 11 is 0. The Hall–Kier alpha value is -1.14.